The van der Waals surface area contributed by atoms with Crippen molar-refractivity contribution in [1.29, 1.82) is 0 Å². The van der Waals surface area contributed by atoms with Gasteiger partial charge in [-0.2, -0.15) is 5.10 Å². The van der Waals surface area contributed by atoms with Crippen molar-refractivity contribution in [3.05, 3.63) is 53.6 Å². The van der Waals surface area contributed by atoms with Crippen molar-refractivity contribution in [1.82, 2.24) is 9.78 Å². The highest BCUT2D eigenvalue weighted by Gasteiger charge is 2.13. The number of aromatic nitrogens is 2. The standard InChI is InChI=1S/C15H18BrFN2/c1-11(2)19-8-7-15(18-19)9-13(10-16)12-3-5-14(17)6-4-12/h3-8,11,13H,9-10H2,1-2H3. The Hall–Kier alpha value is -1.16. The largest absolute Gasteiger partial charge is 0.270 e. The van der Waals surface area contributed by atoms with E-state index in [9.17, 15) is 4.39 Å². The molecule has 0 radical (unpaired) electrons. The Balaban J connectivity index is 2.12. The summed E-state index contributed by atoms with van der Waals surface area (Å²) in [4.78, 5) is 0. The van der Waals surface area contributed by atoms with Gasteiger partial charge in [0.2, 0.25) is 0 Å². The van der Waals surface area contributed by atoms with Gasteiger partial charge < -0.3 is 0 Å². The lowest BCUT2D eigenvalue weighted by Crippen LogP contribution is -2.07. The molecule has 1 aromatic heterocycles. The van der Waals surface area contributed by atoms with E-state index >= 15 is 0 Å². The molecule has 2 rings (SSSR count). The van der Waals surface area contributed by atoms with Crippen LogP contribution in [0.2, 0.25) is 0 Å². The molecule has 2 nitrogen and oxygen atoms in total. The van der Waals surface area contributed by atoms with Crippen molar-refractivity contribution in [2.24, 2.45) is 0 Å². The summed E-state index contributed by atoms with van der Waals surface area (Å²) in [7, 11) is 0. The zero-order valence-corrected chi connectivity index (χ0v) is 12.8. The second-order valence-electron chi connectivity index (χ2n) is 4.99. The lowest BCUT2D eigenvalue weighted by Gasteiger charge is -2.13. The zero-order chi connectivity index (χ0) is 13.8. The van der Waals surface area contributed by atoms with E-state index < -0.39 is 0 Å². The van der Waals surface area contributed by atoms with Gasteiger partial charge in [0, 0.05) is 17.6 Å². The van der Waals surface area contributed by atoms with Crippen molar-refractivity contribution in [2.75, 3.05) is 5.33 Å². The predicted octanol–water partition coefficient (Wildman–Crippen LogP) is 4.32. The fourth-order valence-corrected chi connectivity index (χ4v) is 2.63. The third-order valence-electron chi connectivity index (χ3n) is 3.18. The summed E-state index contributed by atoms with van der Waals surface area (Å²) in [6.45, 7) is 4.22. The molecule has 1 aromatic carbocycles. The van der Waals surface area contributed by atoms with Gasteiger partial charge in [0.1, 0.15) is 5.82 Å². The Morgan fingerprint density at radius 2 is 1.89 bits per heavy atom. The molecule has 19 heavy (non-hydrogen) atoms. The molecule has 1 unspecified atom stereocenters. The maximum absolute atomic E-state index is 12.9. The number of nitrogens with zero attached hydrogens (tertiary/aromatic N) is 2. The van der Waals surface area contributed by atoms with Crippen LogP contribution in [0.3, 0.4) is 0 Å². The van der Waals surface area contributed by atoms with Gasteiger partial charge in [-0.25, -0.2) is 4.39 Å². The molecular formula is C15H18BrFN2. The highest BCUT2D eigenvalue weighted by Crippen LogP contribution is 2.23. The fourth-order valence-electron chi connectivity index (χ4n) is 2.02. The number of alkyl halides is 1. The summed E-state index contributed by atoms with van der Waals surface area (Å²) < 4.78 is 14.9. The van der Waals surface area contributed by atoms with Crippen LogP contribution in [-0.2, 0) is 6.42 Å². The van der Waals surface area contributed by atoms with Crippen LogP contribution in [0.1, 0.15) is 37.1 Å². The predicted molar refractivity (Wildman–Crippen MR) is 79.3 cm³/mol. The lowest BCUT2D eigenvalue weighted by molar-refractivity contribution is 0.524. The van der Waals surface area contributed by atoms with Crippen molar-refractivity contribution in [2.45, 2.75) is 32.2 Å². The second-order valence-corrected chi connectivity index (χ2v) is 5.64. The van der Waals surface area contributed by atoms with Gasteiger partial charge in [-0.1, -0.05) is 28.1 Å². The number of benzene rings is 1. The van der Waals surface area contributed by atoms with E-state index in [-0.39, 0.29) is 5.82 Å². The molecule has 0 saturated heterocycles. The van der Waals surface area contributed by atoms with Crippen LogP contribution in [0.25, 0.3) is 0 Å². The van der Waals surface area contributed by atoms with Crippen LogP contribution in [0.15, 0.2) is 36.5 Å². The smallest absolute Gasteiger partial charge is 0.123 e. The second kappa shape index (κ2) is 6.33. The van der Waals surface area contributed by atoms with Gasteiger partial charge in [0.05, 0.1) is 5.69 Å². The quantitative estimate of drug-likeness (QED) is 0.749. The molecule has 4 heteroatoms. The van der Waals surface area contributed by atoms with Crippen LogP contribution in [0.4, 0.5) is 4.39 Å². The molecule has 0 aliphatic carbocycles. The first kappa shape index (κ1) is 14.3. The van der Waals surface area contributed by atoms with Gasteiger partial charge in [0.25, 0.3) is 0 Å². The average molecular weight is 325 g/mol. The van der Waals surface area contributed by atoms with E-state index in [1.165, 1.54) is 12.1 Å². The lowest BCUT2D eigenvalue weighted by atomic mass is 9.96. The molecule has 0 N–H and O–H groups in total. The zero-order valence-electron chi connectivity index (χ0n) is 11.2. The van der Waals surface area contributed by atoms with E-state index in [1.807, 2.05) is 23.0 Å². The van der Waals surface area contributed by atoms with E-state index in [0.29, 0.717) is 12.0 Å². The Bertz CT molecular complexity index is 519. The Kier molecular flexibility index (Phi) is 4.75. The normalized spacial score (nSPS) is 12.9. The van der Waals surface area contributed by atoms with Gasteiger partial charge in [-0.3, -0.25) is 4.68 Å². The minimum Gasteiger partial charge on any atom is -0.270 e. The van der Waals surface area contributed by atoms with Gasteiger partial charge in [-0.05, 0) is 49.9 Å². The van der Waals surface area contributed by atoms with Crippen molar-refractivity contribution >= 4 is 15.9 Å². The molecule has 0 spiro atoms. The molecule has 1 heterocycles. The Labute approximate surface area is 121 Å². The fraction of sp³-hybridized carbons (Fsp3) is 0.400. The molecule has 0 amide bonds. The van der Waals surface area contributed by atoms with Crippen molar-refractivity contribution < 1.29 is 4.39 Å². The molecule has 2 aromatic rings. The summed E-state index contributed by atoms with van der Waals surface area (Å²) in [5, 5.41) is 5.40. The maximum atomic E-state index is 12.9. The van der Waals surface area contributed by atoms with E-state index in [4.69, 9.17) is 0 Å². The van der Waals surface area contributed by atoms with Crippen LogP contribution >= 0.6 is 15.9 Å². The van der Waals surface area contributed by atoms with Crippen LogP contribution in [0.5, 0.6) is 0 Å². The topological polar surface area (TPSA) is 17.8 Å². The third kappa shape index (κ3) is 3.66. The summed E-state index contributed by atoms with van der Waals surface area (Å²) in [5.74, 6) is 0.122. The number of rotatable bonds is 5. The van der Waals surface area contributed by atoms with Gasteiger partial charge in [0.15, 0.2) is 0 Å². The van der Waals surface area contributed by atoms with Gasteiger partial charge in [-0.15, -0.1) is 0 Å². The number of hydrogen-bond acceptors (Lipinski definition) is 1. The van der Waals surface area contributed by atoms with E-state index in [1.54, 1.807) is 0 Å². The maximum Gasteiger partial charge on any atom is 0.123 e. The van der Waals surface area contributed by atoms with E-state index in [0.717, 1.165) is 23.0 Å². The summed E-state index contributed by atoms with van der Waals surface area (Å²) in [6.07, 6.45) is 2.87. The Morgan fingerprint density at radius 3 is 2.42 bits per heavy atom. The minimum absolute atomic E-state index is 0.193. The molecular weight excluding hydrogens is 307 g/mol. The first-order valence-electron chi connectivity index (χ1n) is 6.45. The summed E-state index contributed by atoms with van der Waals surface area (Å²) in [6, 6.07) is 9.15. The molecule has 0 saturated carbocycles. The average Bonchev–Trinajstić information content (AvgIpc) is 2.86. The first-order chi connectivity index (χ1) is 9.10. The molecule has 0 aliphatic rings. The summed E-state index contributed by atoms with van der Waals surface area (Å²) >= 11 is 3.54. The summed E-state index contributed by atoms with van der Waals surface area (Å²) in [5.41, 5.74) is 2.21. The third-order valence-corrected chi connectivity index (χ3v) is 3.96. The SMILES string of the molecule is CC(C)n1ccc(CC(CBr)c2ccc(F)cc2)n1. The molecule has 0 fully saturated rings. The number of halogens is 2. The molecule has 0 bridgehead atoms. The van der Waals surface area contributed by atoms with Crippen molar-refractivity contribution in [3.63, 3.8) is 0 Å². The van der Waals surface area contributed by atoms with Crippen molar-refractivity contribution in [3.8, 4) is 0 Å². The highest BCUT2D eigenvalue weighted by molar-refractivity contribution is 9.09. The minimum atomic E-state index is -0.193. The molecule has 0 aliphatic heterocycles. The number of hydrogen-bond donors (Lipinski definition) is 0. The van der Waals surface area contributed by atoms with Crippen LogP contribution < -0.4 is 0 Å². The van der Waals surface area contributed by atoms with E-state index in [2.05, 4.69) is 40.9 Å². The Morgan fingerprint density at radius 1 is 1.21 bits per heavy atom. The highest BCUT2D eigenvalue weighted by atomic mass is 79.9. The molecule has 1 atom stereocenters. The van der Waals surface area contributed by atoms with Gasteiger partial charge >= 0.3 is 0 Å². The molecule has 102 valence electrons. The van der Waals surface area contributed by atoms with Crippen LogP contribution in [0, 0.1) is 5.82 Å². The van der Waals surface area contributed by atoms with Crippen LogP contribution in [-0.4, -0.2) is 15.1 Å². The first-order valence-corrected chi connectivity index (χ1v) is 7.57. The monoisotopic (exact) mass is 324 g/mol.